The molecule has 1 heterocycles. The van der Waals surface area contributed by atoms with Gasteiger partial charge in [-0.2, -0.15) is 0 Å². The smallest absolute Gasteiger partial charge is 0.461 e. The monoisotopic (exact) mass is 418 g/mol. The lowest BCUT2D eigenvalue weighted by atomic mass is 9.57. The Morgan fingerprint density at radius 3 is 2.50 bits per heavy atom. The Labute approximate surface area is 180 Å². The molecule has 0 aromatic heterocycles. The fourth-order valence-electron chi connectivity index (χ4n) is 5.13. The Hall–Kier alpha value is -1.73. The van der Waals surface area contributed by atoms with Gasteiger partial charge in [-0.1, -0.05) is 34.6 Å². The lowest BCUT2D eigenvalue weighted by Crippen LogP contribution is -2.56. The number of methoxy groups -OCH3 is 2. The highest BCUT2D eigenvalue weighted by atomic mass is 16.7. The maximum atomic E-state index is 11.7. The van der Waals surface area contributed by atoms with E-state index in [9.17, 15) is 9.90 Å². The summed E-state index contributed by atoms with van der Waals surface area (Å²) in [5.41, 5.74) is 0.700. The van der Waals surface area contributed by atoms with Crippen LogP contribution >= 0.6 is 0 Å². The zero-order valence-corrected chi connectivity index (χ0v) is 19.4. The molecular formula is C23H35BO6. The molecule has 1 aromatic rings. The summed E-state index contributed by atoms with van der Waals surface area (Å²) in [7, 11) is 2.67. The van der Waals surface area contributed by atoms with Crippen molar-refractivity contribution in [2.45, 2.75) is 71.9 Å². The van der Waals surface area contributed by atoms with E-state index in [-0.39, 0.29) is 35.6 Å². The highest BCUT2D eigenvalue weighted by Crippen LogP contribution is 2.55. The number of fused-ring (bicyclic) bond motifs is 1. The maximum Gasteiger partial charge on any atom is 0.461 e. The first-order valence-corrected chi connectivity index (χ1v) is 10.8. The minimum Gasteiger partial charge on any atom is -0.497 e. The summed E-state index contributed by atoms with van der Waals surface area (Å²) in [4.78, 5) is 11.7. The van der Waals surface area contributed by atoms with E-state index >= 15 is 0 Å². The van der Waals surface area contributed by atoms with Crippen LogP contribution in [0.5, 0.6) is 11.5 Å². The van der Waals surface area contributed by atoms with Crippen molar-refractivity contribution in [3.05, 3.63) is 23.3 Å². The van der Waals surface area contributed by atoms with Gasteiger partial charge in [-0.15, -0.1) is 0 Å². The van der Waals surface area contributed by atoms with Gasteiger partial charge in [0.15, 0.2) is 0 Å². The summed E-state index contributed by atoms with van der Waals surface area (Å²) in [5.74, 6) is 0.714. The molecule has 1 aliphatic carbocycles. The van der Waals surface area contributed by atoms with Crippen LogP contribution in [-0.2, 0) is 15.7 Å². The van der Waals surface area contributed by atoms with Gasteiger partial charge in [0.05, 0.1) is 25.9 Å². The van der Waals surface area contributed by atoms with E-state index in [2.05, 4.69) is 41.5 Å². The number of carboxylic acid groups (broad SMARTS) is 1. The second kappa shape index (κ2) is 8.08. The van der Waals surface area contributed by atoms with E-state index in [0.29, 0.717) is 29.8 Å². The van der Waals surface area contributed by atoms with E-state index < -0.39 is 5.97 Å². The van der Waals surface area contributed by atoms with E-state index in [1.54, 1.807) is 0 Å². The SMILES string of the molecule is COc1cc(C[C@@H](C)B2OC3CC(C)C(C)(C)[C@H](C)[C@]3(C)O2)c(OC)c(C(=O)O)c1. The van der Waals surface area contributed by atoms with Gasteiger partial charge in [0, 0.05) is 0 Å². The van der Waals surface area contributed by atoms with E-state index in [1.807, 2.05) is 6.07 Å². The number of hydrogen-bond acceptors (Lipinski definition) is 5. The van der Waals surface area contributed by atoms with Crippen molar-refractivity contribution in [3.8, 4) is 11.5 Å². The third-order valence-corrected chi connectivity index (χ3v) is 7.94. The normalized spacial score (nSPS) is 31.2. The molecule has 2 aliphatic rings. The van der Waals surface area contributed by atoms with E-state index in [4.69, 9.17) is 18.8 Å². The molecule has 2 fully saturated rings. The lowest BCUT2D eigenvalue weighted by molar-refractivity contribution is -0.110. The first-order valence-electron chi connectivity index (χ1n) is 10.8. The maximum absolute atomic E-state index is 11.7. The topological polar surface area (TPSA) is 74.2 Å². The second-order valence-corrected chi connectivity index (χ2v) is 9.83. The molecule has 1 aliphatic heterocycles. The molecule has 3 rings (SSSR count). The third-order valence-electron chi connectivity index (χ3n) is 7.94. The fraction of sp³-hybridized carbons (Fsp3) is 0.696. The summed E-state index contributed by atoms with van der Waals surface area (Å²) in [6.45, 7) is 13.5. The quantitative estimate of drug-likeness (QED) is 0.676. The summed E-state index contributed by atoms with van der Waals surface area (Å²) < 4.78 is 23.8. The van der Waals surface area contributed by atoms with Gasteiger partial charge in [-0.3, -0.25) is 0 Å². The third kappa shape index (κ3) is 3.71. The molecule has 0 spiro atoms. The predicted molar refractivity (Wildman–Crippen MR) is 116 cm³/mol. The molecule has 166 valence electrons. The molecule has 2 unspecified atom stereocenters. The molecular weight excluding hydrogens is 383 g/mol. The summed E-state index contributed by atoms with van der Waals surface area (Å²) in [6, 6.07) is 3.32. The van der Waals surface area contributed by atoms with Crippen molar-refractivity contribution >= 4 is 13.1 Å². The van der Waals surface area contributed by atoms with Gasteiger partial charge in [0.25, 0.3) is 0 Å². The standard InChI is InChI=1S/C23H35BO6/c1-13-9-19-23(6,15(3)22(13,4)5)30-24(29-19)14(2)10-16-11-17(27-7)12-18(21(25)26)20(16)28-8/h11-15,19H,9-10H2,1-8H3,(H,25,26)/t13?,14-,15+,19?,23+/m1/s1. The summed E-state index contributed by atoms with van der Waals surface area (Å²) in [5, 5.41) is 9.58. The number of aromatic carboxylic acids is 1. The van der Waals surface area contributed by atoms with Gasteiger partial charge >= 0.3 is 13.1 Å². The van der Waals surface area contributed by atoms with Crippen LogP contribution in [0.4, 0.5) is 0 Å². The van der Waals surface area contributed by atoms with Gasteiger partial charge in [0.1, 0.15) is 17.1 Å². The Morgan fingerprint density at radius 2 is 1.93 bits per heavy atom. The Bertz CT molecular complexity index is 809. The fourth-order valence-corrected chi connectivity index (χ4v) is 5.13. The van der Waals surface area contributed by atoms with Crippen molar-refractivity contribution in [2.75, 3.05) is 14.2 Å². The first kappa shape index (κ1) is 22.9. The molecule has 1 saturated carbocycles. The summed E-state index contributed by atoms with van der Waals surface area (Å²) >= 11 is 0. The zero-order valence-electron chi connectivity index (χ0n) is 19.4. The molecule has 1 saturated heterocycles. The number of carboxylic acids is 1. The zero-order chi connectivity index (χ0) is 22.4. The van der Waals surface area contributed by atoms with Crippen LogP contribution in [0.15, 0.2) is 12.1 Å². The van der Waals surface area contributed by atoms with Gasteiger partial charge < -0.3 is 23.9 Å². The minimum absolute atomic E-state index is 0.0145. The number of hydrogen-bond donors (Lipinski definition) is 1. The lowest BCUT2D eigenvalue weighted by Gasteiger charge is -2.53. The molecule has 0 radical (unpaired) electrons. The Morgan fingerprint density at radius 1 is 1.27 bits per heavy atom. The molecule has 7 heteroatoms. The molecule has 0 amide bonds. The second-order valence-electron chi connectivity index (χ2n) is 9.83. The van der Waals surface area contributed by atoms with Crippen LogP contribution in [0.3, 0.4) is 0 Å². The average molecular weight is 418 g/mol. The first-order chi connectivity index (χ1) is 13.9. The van der Waals surface area contributed by atoms with Crippen LogP contribution in [0.1, 0.15) is 63.9 Å². The van der Waals surface area contributed by atoms with Crippen molar-refractivity contribution < 1.29 is 28.7 Å². The Balaban J connectivity index is 1.85. The number of benzene rings is 1. The van der Waals surface area contributed by atoms with E-state index in [1.165, 1.54) is 20.3 Å². The highest BCUT2D eigenvalue weighted by molar-refractivity contribution is 6.47. The molecule has 6 nitrogen and oxygen atoms in total. The molecule has 1 N–H and O–H groups in total. The number of rotatable bonds is 6. The van der Waals surface area contributed by atoms with Gasteiger partial charge in [0.2, 0.25) is 0 Å². The van der Waals surface area contributed by atoms with Crippen molar-refractivity contribution in [1.29, 1.82) is 0 Å². The van der Waals surface area contributed by atoms with Crippen LogP contribution in [-0.4, -0.2) is 44.1 Å². The van der Waals surface area contributed by atoms with Gasteiger partial charge in [-0.05, 0) is 60.5 Å². The highest BCUT2D eigenvalue weighted by Gasteiger charge is 2.60. The van der Waals surface area contributed by atoms with Crippen LogP contribution < -0.4 is 9.47 Å². The number of carbonyl (C=O) groups is 1. The minimum atomic E-state index is -1.04. The van der Waals surface area contributed by atoms with Gasteiger partial charge in [-0.25, -0.2) is 4.79 Å². The van der Waals surface area contributed by atoms with Crippen molar-refractivity contribution in [2.24, 2.45) is 17.3 Å². The largest absolute Gasteiger partial charge is 0.497 e. The molecule has 0 bridgehead atoms. The molecule has 5 atom stereocenters. The average Bonchev–Trinajstić information content (AvgIpc) is 3.03. The number of ether oxygens (including phenoxy) is 2. The molecule has 1 aromatic carbocycles. The molecule has 30 heavy (non-hydrogen) atoms. The van der Waals surface area contributed by atoms with Crippen molar-refractivity contribution in [1.82, 2.24) is 0 Å². The van der Waals surface area contributed by atoms with Crippen LogP contribution in [0.2, 0.25) is 5.82 Å². The van der Waals surface area contributed by atoms with Crippen molar-refractivity contribution in [3.63, 3.8) is 0 Å². The van der Waals surface area contributed by atoms with Crippen LogP contribution in [0.25, 0.3) is 0 Å². The predicted octanol–water partition coefficient (Wildman–Crippen LogP) is 4.70. The van der Waals surface area contributed by atoms with E-state index in [0.717, 1.165) is 12.0 Å². The Kier molecular flexibility index (Phi) is 6.18. The van der Waals surface area contributed by atoms with Crippen LogP contribution in [0, 0.1) is 17.3 Å². The summed E-state index contributed by atoms with van der Waals surface area (Å²) in [6.07, 6.45) is 1.59.